The van der Waals surface area contributed by atoms with Gasteiger partial charge in [0.15, 0.2) is 11.5 Å². The molecular weight excluding hydrogens is 270 g/mol. The first-order chi connectivity index (χ1) is 10.3. The van der Waals surface area contributed by atoms with Crippen molar-refractivity contribution in [2.24, 2.45) is 5.10 Å². The number of fused-ring (bicyclic) bond motifs is 1. The van der Waals surface area contributed by atoms with Crippen molar-refractivity contribution in [2.75, 3.05) is 53.6 Å². The van der Waals surface area contributed by atoms with Crippen molar-refractivity contribution in [1.29, 1.82) is 0 Å². The van der Waals surface area contributed by atoms with Gasteiger partial charge in [-0.25, -0.2) is 0 Å². The summed E-state index contributed by atoms with van der Waals surface area (Å²) in [6.45, 7) is 5.11. The number of ether oxygens (including phenoxy) is 3. The molecule has 2 aliphatic rings. The largest absolute Gasteiger partial charge is 0.493 e. The number of methoxy groups -OCH3 is 1. The molecule has 1 aromatic carbocycles. The molecule has 0 unspecified atom stereocenters. The summed E-state index contributed by atoms with van der Waals surface area (Å²) >= 11 is 0. The van der Waals surface area contributed by atoms with E-state index in [2.05, 4.69) is 22.1 Å². The monoisotopic (exact) mass is 291 g/mol. The van der Waals surface area contributed by atoms with E-state index >= 15 is 0 Å². The highest BCUT2D eigenvalue weighted by Crippen LogP contribution is 2.39. The Morgan fingerprint density at radius 1 is 1.14 bits per heavy atom. The standard InChI is InChI=1S/C15H21N3O3/c1-17-3-5-18(6-4-17)16-11-12-9-13(19-2)15-14(10-12)20-7-8-21-15/h9-11H,3-8H2,1-2H3/b16-11-. The number of rotatable bonds is 3. The molecule has 0 radical (unpaired) electrons. The lowest BCUT2D eigenvalue weighted by Gasteiger charge is -2.30. The van der Waals surface area contributed by atoms with E-state index in [1.807, 2.05) is 18.3 Å². The molecular formula is C15H21N3O3. The van der Waals surface area contributed by atoms with Crippen molar-refractivity contribution in [3.05, 3.63) is 17.7 Å². The van der Waals surface area contributed by atoms with Crippen LogP contribution < -0.4 is 14.2 Å². The Kier molecular flexibility index (Phi) is 4.15. The molecule has 1 saturated heterocycles. The predicted octanol–water partition coefficient (Wildman–Crippen LogP) is 1.05. The molecule has 0 amide bonds. The van der Waals surface area contributed by atoms with Gasteiger partial charge in [0.1, 0.15) is 13.2 Å². The van der Waals surface area contributed by atoms with Gasteiger partial charge < -0.3 is 19.1 Å². The zero-order valence-electron chi connectivity index (χ0n) is 12.5. The third-order valence-corrected chi connectivity index (χ3v) is 3.70. The molecule has 0 bridgehead atoms. The zero-order valence-corrected chi connectivity index (χ0v) is 12.5. The Labute approximate surface area is 124 Å². The summed E-state index contributed by atoms with van der Waals surface area (Å²) < 4.78 is 16.6. The maximum absolute atomic E-state index is 5.63. The van der Waals surface area contributed by atoms with E-state index in [0.29, 0.717) is 24.7 Å². The molecule has 114 valence electrons. The summed E-state index contributed by atoms with van der Waals surface area (Å²) in [6.07, 6.45) is 1.85. The van der Waals surface area contributed by atoms with Crippen LogP contribution in [0.4, 0.5) is 0 Å². The number of nitrogens with zero attached hydrogens (tertiary/aromatic N) is 3. The lowest BCUT2D eigenvalue weighted by molar-refractivity contribution is 0.159. The van der Waals surface area contributed by atoms with Gasteiger partial charge in [0.25, 0.3) is 0 Å². The third-order valence-electron chi connectivity index (χ3n) is 3.70. The molecule has 0 atom stereocenters. The average Bonchev–Trinajstić information content (AvgIpc) is 2.53. The van der Waals surface area contributed by atoms with Crippen LogP contribution in [-0.4, -0.2) is 69.7 Å². The van der Waals surface area contributed by atoms with Crippen LogP contribution in [0.1, 0.15) is 5.56 Å². The van der Waals surface area contributed by atoms with Crippen molar-refractivity contribution in [1.82, 2.24) is 9.91 Å². The van der Waals surface area contributed by atoms with E-state index in [1.54, 1.807) is 7.11 Å². The van der Waals surface area contributed by atoms with E-state index in [4.69, 9.17) is 14.2 Å². The first kappa shape index (κ1) is 14.0. The van der Waals surface area contributed by atoms with Crippen LogP contribution in [-0.2, 0) is 0 Å². The summed E-state index contributed by atoms with van der Waals surface area (Å²) in [5.74, 6) is 2.09. The van der Waals surface area contributed by atoms with E-state index in [9.17, 15) is 0 Å². The Balaban J connectivity index is 1.76. The lowest BCUT2D eigenvalue weighted by Crippen LogP contribution is -2.41. The fraction of sp³-hybridized carbons (Fsp3) is 0.533. The quantitative estimate of drug-likeness (QED) is 0.779. The van der Waals surface area contributed by atoms with Gasteiger partial charge in [0.05, 0.1) is 13.3 Å². The smallest absolute Gasteiger partial charge is 0.203 e. The Bertz CT molecular complexity index is 508. The van der Waals surface area contributed by atoms with E-state index in [1.165, 1.54) is 0 Å². The lowest BCUT2D eigenvalue weighted by atomic mass is 10.2. The molecule has 1 fully saturated rings. The van der Waals surface area contributed by atoms with Crippen LogP contribution in [0.3, 0.4) is 0 Å². The number of benzene rings is 1. The highest BCUT2D eigenvalue weighted by molar-refractivity contribution is 5.82. The summed E-state index contributed by atoms with van der Waals surface area (Å²) in [7, 11) is 3.77. The van der Waals surface area contributed by atoms with E-state index in [-0.39, 0.29) is 0 Å². The molecule has 6 heteroatoms. The van der Waals surface area contributed by atoms with Gasteiger partial charge in [-0.2, -0.15) is 5.10 Å². The molecule has 21 heavy (non-hydrogen) atoms. The van der Waals surface area contributed by atoms with Crippen LogP contribution >= 0.6 is 0 Å². The van der Waals surface area contributed by atoms with Crippen LogP contribution in [0.5, 0.6) is 17.2 Å². The van der Waals surface area contributed by atoms with Gasteiger partial charge in [0, 0.05) is 31.7 Å². The fourth-order valence-corrected chi connectivity index (χ4v) is 2.43. The maximum atomic E-state index is 5.63. The summed E-state index contributed by atoms with van der Waals surface area (Å²) in [5.41, 5.74) is 0.954. The summed E-state index contributed by atoms with van der Waals surface area (Å²) in [4.78, 5) is 2.30. The first-order valence-electron chi connectivity index (χ1n) is 7.21. The Hall–Kier alpha value is -1.95. The second-order valence-electron chi connectivity index (χ2n) is 5.25. The van der Waals surface area contributed by atoms with Crippen molar-refractivity contribution >= 4 is 6.21 Å². The molecule has 2 heterocycles. The number of hydrogen-bond donors (Lipinski definition) is 0. The van der Waals surface area contributed by atoms with Crippen LogP contribution in [0.15, 0.2) is 17.2 Å². The normalized spacial score (nSPS) is 19.0. The maximum Gasteiger partial charge on any atom is 0.203 e. The highest BCUT2D eigenvalue weighted by Gasteiger charge is 2.18. The summed E-state index contributed by atoms with van der Waals surface area (Å²) in [5, 5.41) is 6.63. The molecule has 0 saturated carbocycles. The SMILES string of the molecule is COc1cc(/C=N\N2CCN(C)CC2)cc2c1OCCO2. The number of hydrazone groups is 1. The van der Waals surface area contributed by atoms with Crippen molar-refractivity contribution in [2.45, 2.75) is 0 Å². The predicted molar refractivity (Wildman–Crippen MR) is 80.6 cm³/mol. The summed E-state index contributed by atoms with van der Waals surface area (Å²) in [6, 6.07) is 3.86. The molecule has 3 rings (SSSR count). The number of piperazine rings is 1. The Morgan fingerprint density at radius 2 is 1.90 bits per heavy atom. The topological polar surface area (TPSA) is 46.5 Å². The minimum Gasteiger partial charge on any atom is -0.493 e. The van der Waals surface area contributed by atoms with Gasteiger partial charge in [-0.3, -0.25) is 5.01 Å². The Morgan fingerprint density at radius 3 is 2.67 bits per heavy atom. The average molecular weight is 291 g/mol. The minimum atomic E-state index is 0.554. The highest BCUT2D eigenvalue weighted by atomic mass is 16.6. The molecule has 2 aliphatic heterocycles. The molecule has 6 nitrogen and oxygen atoms in total. The second-order valence-corrected chi connectivity index (χ2v) is 5.25. The van der Waals surface area contributed by atoms with Gasteiger partial charge >= 0.3 is 0 Å². The van der Waals surface area contributed by atoms with Gasteiger partial charge in [0.2, 0.25) is 5.75 Å². The van der Waals surface area contributed by atoms with Crippen molar-refractivity contribution in [3.63, 3.8) is 0 Å². The van der Waals surface area contributed by atoms with E-state index < -0.39 is 0 Å². The van der Waals surface area contributed by atoms with Crippen LogP contribution in [0.25, 0.3) is 0 Å². The number of likely N-dealkylation sites (N-methyl/N-ethyl adjacent to an activating group) is 1. The second kappa shape index (κ2) is 6.22. The van der Waals surface area contributed by atoms with Gasteiger partial charge in [-0.1, -0.05) is 0 Å². The van der Waals surface area contributed by atoms with Crippen molar-refractivity contribution in [3.8, 4) is 17.2 Å². The fourth-order valence-electron chi connectivity index (χ4n) is 2.43. The minimum absolute atomic E-state index is 0.554. The van der Waals surface area contributed by atoms with Crippen LogP contribution in [0.2, 0.25) is 0 Å². The third kappa shape index (κ3) is 3.21. The molecule has 0 aliphatic carbocycles. The number of hydrogen-bond acceptors (Lipinski definition) is 6. The molecule has 0 N–H and O–H groups in total. The van der Waals surface area contributed by atoms with Crippen LogP contribution in [0, 0.1) is 0 Å². The molecule has 1 aromatic rings. The van der Waals surface area contributed by atoms with Crippen molar-refractivity contribution < 1.29 is 14.2 Å². The first-order valence-corrected chi connectivity index (χ1v) is 7.21. The zero-order chi connectivity index (χ0) is 14.7. The van der Waals surface area contributed by atoms with Gasteiger partial charge in [-0.15, -0.1) is 0 Å². The molecule has 0 aromatic heterocycles. The van der Waals surface area contributed by atoms with Gasteiger partial charge in [-0.05, 0) is 19.2 Å². The molecule has 0 spiro atoms. The van der Waals surface area contributed by atoms with E-state index in [0.717, 1.165) is 37.5 Å².